The number of carbonyl (C=O) groups is 4. The molecule has 9 fully saturated rings. The topological polar surface area (TPSA) is 146 Å². The monoisotopic (exact) mass is 728 g/mol. The van der Waals surface area contributed by atoms with Gasteiger partial charge in [-0.05, 0) is 135 Å². The Kier molecular flexibility index (Phi) is 9.28. The minimum absolute atomic E-state index is 0.0217. The Bertz CT molecular complexity index is 1410. The van der Waals surface area contributed by atoms with Gasteiger partial charge in [-0.3, -0.25) is 14.4 Å². The van der Waals surface area contributed by atoms with E-state index in [9.17, 15) is 29.4 Å². The van der Waals surface area contributed by atoms with Crippen LogP contribution in [0.25, 0.3) is 0 Å². The molecule has 0 aromatic heterocycles. The molecular weight excluding hydrogens is 664 g/mol. The molecule has 8 saturated carbocycles. The van der Waals surface area contributed by atoms with Gasteiger partial charge in [-0.1, -0.05) is 20.8 Å². The average Bonchev–Trinajstić information content (AvgIpc) is 3.20. The maximum Gasteiger partial charge on any atom is 0.351 e. The molecule has 9 aliphatic rings. The smallest absolute Gasteiger partial charge is 0.351 e. The molecule has 0 amide bonds. The summed E-state index contributed by atoms with van der Waals surface area (Å²) < 4.78 is 24.3. The molecule has 1 aliphatic heterocycles. The van der Waals surface area contributed by atoms with Gasteiger partial charge in [-0.2, -0.15) is 0 Å². The average molecular weight is 729 g/mol. The van der Waals surface area contributed by atoms with Gasteiger partial charge in [0.2, 0.25) is 5.60 Å². The molecule has 10 heteroatoms. The molecule has 1 heterocycles. The van der Waals surface area contributed by atoms with Crippen LogP contribution in [0.2, 0.25) is 0 Å². The van der Waals surface area contributed by atoms with Crippen molar-refractivity contribution < 1.29 is 48.3 Å². The highest BCUT2D eigenvalue weighted by molar-refractivity contribution is 5.86. The summed E-state index contributed by atoms with van der Waals surface area (Å²) in [6, 6.07) is 0. The number of cyclic esters (lactones) is 1. The van der Waals surface area contributed by atoms with Crippen LogP contribution in [0.3, 0.4) is 0 Å². The maximum atomic E-state index is 14.4. The third-order valence-corrected chi connectivity index (χ3v) is 15.1. The van der Waals surface area contributed by atoms with Crippen LogP contribution in [0.1, 0.15) is 158 Å². The van der Waals surface area contributed by atoms with Crippen molar-refractivity contribution >= 4 is 23.9 Å². The Morgan fingerprint density at radius 1 is 0.769 bits per heavy atom. The molecule has 7 unspecified atom stereocenters. The zero-order valence-corrected chi connectivity index (χ0v) is 32.7. The predicted octanol–water partition coefficient (Wildman–Crippen LogP) is 6.74. The molecule has 52 heavy (non-hydrogen) atoms. The Balaban J connectivity index is 1.10. The van der Waals surface area contributed by atoms with E-state index >= 15 is 0 Å². The number of carbonyl (C=O) groups excluding carboxylic acids is 4. The van der Waals surface area contributed by atoms with Gasteiger partial charge < -0.3 is 29.2 Å². The van der Waals surface area contributed by atoms with Crippen LogP contribution in [-0.4, -0.2) is 67.7 Å². The summed E-state index contributed by atoms with van der Waals surface area (Å²) in [4.78, 5) is 55.1. The van der Waals surface area contributed by atoms with Crippen molar-refractivity contribution in [1.82, 2.24) is 0 Å². The van der Waals surface area contributed by atoms with Gasteiger partial charge in [0.05, 0.1) is 29.0 Å². The molecule has 0 radical (unpaired) electrons. The lowest BCUT2D eigenvalue weighted by molar-refractivity contribution is -0.263. The van der Waals surface area contributed by atoms with Gasteiger partial charge in [0.15, 0.2) is 0 Å². The predicted molar refractivity (Wildman–Crippen MR) is 190 cm³/mol. The van der Waals surface area contributed by atoms with E-state index in [2.05, 4.69) is 13.8 Å². The van der Waals surface area contributed by atoms with E-state index in [1.54, 1.807) is 27.7 Å². The fourth-order valence-electron chi connectivity index (χ4n) is 13.5. The van der Waals surface area contributed by atoms with E-state index in [1.807, 2.05) is 6.92 Å². The van der Waals surface area contributed by atoms with Crippen molar-refractivity contribution in [2.45, 2.75) is 191 Å². The van der Waals surface area contributed by atoms with Crippen LogP contribution in [0.4, 0.5) is 0 Å². The second-order valence-corrected chi connectivity index (χ2v) is 20.4. The van der Waals surface area contributed by atoms with Crippen LogP contribution in [-0.2, 0) is 38.1 Å². The van der Waals surface area contributed by atoms with Gasteiger partial charge in [0, 0.05) is 31.1 Å². The first-order chi connectivity index (χ1) is 24.1. The van der Waals surface area contributed by atoms with E-state index in [4.69, 9.17) is 18.9 Å². The molecule has 9 rings (SSSR count). The van der Waals surface area contributed by atoms with Crippen molar-refractivity contribution in [2.75, 3.05) is 0 Å². The highest BCUT2D eigenvalue weighted by Gasteiger charge is 2.65. The molecule has 0 aromatic carbocycles. The lowest BCUT2D eigenvalue weighted by atomic mass is 9.45. The number of hydrogen-bond acceptors (Lipinski definition) is 10. The molecule has 0 aromatic rings. The summed E-state index contributed by atoms with van der Waals surface area (Å²) >= 11 is 0. The van der Waals surface area contributed by atoms with Crippen LogP contribution in [0.5, 0.6) is 0 Å². The van der Waals surface area contributed by atoms with Crippen molar-refractivity contribution in [2.24, 2.45) is 46.8 Å². The van der Waals surface area contributed by atoms with Crippen molar-refractivity contribution in [1.29, 1.82) is 0 Å². The lowest BCUT2D eigenvalue weighted by Crippen LogP contribution is -2.67. The Morgan fingerprint density at radius 3 is 1.83 bits per heavy atom. The standard InChI is InChI=1S/C42H64O10/c1-8-30(33(44)50-38(7,9-2)39-15-26-11-27(16-39)13-28(12-26)17-39)14-31(10-25(3)32(43)49-37(6)21-36(4,5)52-35(37)46)34(45)51-42-20-29-18-40(47,23-42)22-41(48,19-29)24-42/h25-31,47-48H,8-24H2,1-7H3. The van der Waals surface area contributed by atoms with Gasteiger partial charge in [-0.15, -0.1) is 0 Å². The third kappa shape index (κ3) is 6.83. The summed E-state index contributed by atoms with van der Waals surface area (Å²) in [5.74, 6) is -2.14. The summed E-state index contributed by atoms with van der Waals surface area (Å²) in [6.45, 7) is 13.0. The van der Waals surface area contributed by atoms with Crippen molar-refractivity contribution in [3.63, 3.8) is 0 Å². The van der Waals surface area contributed by atoms with Crippen LogP contribution in [0.15, 0.2) is 0 Å². The van der Waals surface area contributed by atoms with Gasteiger partial charge in [-0.25, -0.2) is 4.79 Å². The van der Waals surface area contributed by atoms with Gasteiger partial charge >= 0.3 is 23.9 Å². The molecule has 7 atom stereocenters. The molecule has 292 valence electrons. The first-order valence-corrected chi connectivity index (χ1v) is 20.5. The number of rotatable bonds is 13. The van der Waals surface area contributed by atoms with E-state index in [0.717, 1.165) is 25.7 Å². The Labute approximate surface area is 309 Å². The van der Waals surface area contributed by atoms with Crippen molar-refractivity contribution in [3.8, 4) is 0 Å². The molecule has 0 spiro atoms. The SMILES string of the molecule is CCC(CC(CC(C)C(=O)OC1(C)CC(C)(C)OC1=O)C(=O)OC12CC3CC(O)(CC(O)(C3)C1)C2)C(=O)OC(C)(CC)C12CC3CC(CC(C3)C1)C2. The van der Waals surface area contributed by atoms with Crippen molar-refractivity contribution in [3.05, 3.63) is 0 Å². The van der Waals surface area contributed by atoms with Crippen LogP contribution < -0.4 is 0 Å². The lowest BCUT2D eigenvalue weighted by Gasteiger charge is -2.62. The number of hydrogen-bond donors (Lipinski definition) is 2. The van der Waals surface area contributed by atoms with E-state index in [0.29, 0.717) is 43.4 Å². The number of aliphatic hydroxyl groups is 2. The summed E-state index contributed by atoms with van der Waals surface area (Å²) in [7, 11) is 0. The Morgan fingerprint density at radius 2 is 1.35 bits per heavy atom. The van der Waals surface area contributed by atoms with E-state index < -0.39 is 69.3 Å². The van der Waals surface area contributed by atoms with E-state index in [-0.39, 0.29) is 55.8 Å². The zero-order chi connectivity index (χ0) is 37.7. The first-order valence-electron chi connectivity index (χ1n) is 20.5. The first kappa shape index (κ1) is 38.1. The maximum absolute atomic E-state index is 14.4. The molecule has 8 bridgehead atoms. The fourth-order valence-corrected chi connectivity index (χ4v) is 13.5. The normalized spacial score (nSPS) is 43.7. The molecule has 8 aliphatic carbocycles. The highest BCUT2D eigenvalue weighted by Crippen LogP contribution is 2.65. The van der Waals surface area contributed by atoms with Gasteiger partial charge in [0.1, 0.15) is 16.8 Å². The number of ether oxygens (including phenoxy) is 4. The largest absolute Gasteiger partial charge is 0.459 e. The van der Waals surface area contributed by atoms with Gasteiger partial charge in [0.25, 0.3) is 0 Å². The zero-order valence-electron chi connectivity index (χ0n) is 32.7. The molecular formula is C42H64O10. The number of esters is 4. The summed E-state index contributed by atoms with van der Waals surface area (Å²) in [6.07, 6.45) is 11.3. The van der Waals surface area contributed by atoms with Crippen LogP contribution in [0, 0.1) is 46.8 Å². The molecule has 2 N–H and O–H groups in total. The summed E-state index contributed by atoms with van der Waals surface area (Å²) in [5, 5.41) is 22.8. The minimum atomic E-state index is -1.44. The minimum Gasteiger partial charge on any atom is -0.459 e. The highest BCUT2D eigenvalue weighted by atomic mass is 16.6. The molecule has 1 saturated heterocycles. The fraction of sp³-hybridized carbons (Fsp3) is 0.905. The third-order valence-electron chi connectivity index (χ3n) is 15.1. The van der Waals surface area contributed by atoms with Crippen LogP contribution >= 0.6 is 0 Å². The second kappa shape index (κ2) is 12.7. The van der Waals surface area contributed by atoms with E-state index in [1.165, 1.54) is 19.3 Å². The summed E-state index contributed by atoms with van der Waals surface area (Å²) in [5.41, 5.74) is -6.01. The quantitative estimate of drug-likeness (QED) is 0.154. The Hall–Kier alpha value is -2.20. The second-order valence-electron chi connectivity index (χ2n) is 20.4. The molecule has 10 nitrogen and oxygen atoms in total.